The van der Waals surface area contributed by atoms with Crippen LogP contribution in [0.15, 0.2) is 12.4 Å². The Kier molecular flexibility index (Phi) is 6.94. The number of hydrogen-bond donors (Lipinski definition) is 1. The number of nitrogens with zero attached hydrogens (tertiary/aromatic N) is 1. The summed E-state index contributed by atoms with van der Waals surface area (Å²) in [7, 11) is 0. The molecule has 10 heavy (non-hydrogen) atoms. The molecule has 0 spiro atoms. The van der Waals surface area contributed by atoms with Crippen LogP contribution < -0.4 is 0 Å². The van der Waals surface area contributed by atoms with Crippen molar-refractivity contribution in [3.63, 3.8) is 0 Å². The second-order valence-electron chi connectivity index (χ2n) is 2.13. The van der Waals surface area contributed by atoms with Crippen molar-refractivity contribution in [3.8, 4) is 0 Å². The van der Waals surface area contributed by atoms with E-state index in [1.54, 1.807) is 6.20 Å². The molecule has 0 aliphatic carbocycles. The number of aromatic nitrogens is 2. The van der Waals surface area contributed by atoms with E-state index in [-0.39, 0.29) is 24.8 Å². The molecule has 0 aromatic carbocycles. The van der Waals surface area contributed by atoms with Gasteiger partial charge in [-0.2, -0.15) is 0 Å². The van der Waals surface area contributed by atoms with E-state index in [0.717, 1.165) is 5.82 Å². The van der Waals surface area contributed by atoms with Gasteiger partial charge in [0.2, 0.25) is 0 Å². The highest BCUT2D eigenvalue weighted by atomic mass is 35.5. The van der Waals surface area contributed by atoms with Crippen LogP contribution in [0.25, 0.3) is 0 Å². The topological polar surface area (TPSA) is 28.7 Å². The summed E-state index contributed by atoms with van der Waals surface area (Å²) in [6.07, 6.45) is 3.62. The number of nitrogens with one attached hydrogen (secondary N) is 1. The zero-order chi connectivity index (χ0) is 5.98. The molecule has 1 aromatic heterocycles. The molecule has 1 heterocycles. The van der Waals surface area contributed by atoms with Gasteiger partial charge in [-0.25, -0.2) is 4.98 Å². The molecule has 1 rings (SSSR count). The molecule has 0 saturated carbocycles. The summed E-state index contributed by atoms with van der Waals surface area (Å²) in [5, 5.41) is 0. The van der Waals surface area contributed by atoms with E-state index in [1.165, 1.54) is 0 Å². The monoisotopic (exact) mass is 182 g/mol. The van der Waals surface area contributed by atoms with Crippen molar-refractivity contribution >= 4 is 24.8 Å². The summed E-state index contributed by atoms with van der Waals surface area (Å²) in [5.41, 5.74) is 0. The number of rotatable bonds is 1. The molecule has 1 aromatic rings. The van der Waals surface area contributed by atoms with E-state index in [9.17, 15) is 0 Å². The van der Waals surface area contributed by atoms with E-state index in [0.29, 0.717) is 5.92 Å². The molecule has 0 amide bonds. The molecule has 0 saturated heterocycles. The molecule has 4 heteroatoms. The average molecular weight is 183 g/mol. The Labute approximate surface area is 73.3 Å². The molecule has 0 atom stereocenters. The molecular formula is C6H12Cl2N2. The van der Waals surface area contributed by atoms with E-state index in [1.807, 2.05) is 6.20 Å². The maximum atomic E-state index is 4.06. The van der Waals surface area contributed by atoms with E-state index < -0.39 is 0 Å². The summed E-state index contributed by atoms with van der Waals surface area (Å²) in [6, 6.07) is 0. The van der Waals surface area contributed by atoms with Crippen LogP contribution in [0.1, 0.15) is 25.6 Å². The highest BCUT2D eigenvalue weighted by Crippen LogP contribution is 2.05. The normalized spacial score (nSPS) is 8.30. The van der Waals surface area contributed by atoms with Crippen molar-refractivity contribution in [1.82, 2.24) is 9.97 Å². The van der Waals surface area contributed by atoms with Crippen LogP contribution in [-0.2, 0) is 0 Å². The van der Waals surface area contributed by atoms with E-state index in [2.05, 4.69) is 23.8 Å². The zero-order valence-electron chi connectivity index (χ0n) is 6.00. The fraction of sp³-hybridized carbons (Fsp3) is 0.500. The Morgan fingerprint density at radius 2 is 2.00 bits per heavy atom. The van der Waals surface area contributed by atoms with Crippen LogP contribution in [0.4, 0.5) is 0 Å². The van der Waals surface area contributed by atoms with Gasteiger partial charge in [-0.1, -0.05) is 13.8 Å². The lowest BCUT2D eigenvalue weighted by atomic mass is 10.2. The van der Waals surface area contributed by atoms with Crippen molar-refractivity contribution < 1.29 is 0 Å². The van der Waals surface area contributed by atoms with Crippen molar-refractivity contribution in [2.24, 2.45) is 0 Å². The Bertz CT molecular complexity index is 149. The van der Waals surface area contributed by atoms with Gasteiger partial charge in [-0.05, 0) is 0 Å². The molecular weight excluding hydrogens is 171 g/mol. The minimum Gasteiger partial charge on any atom is -0.348 e. The molecule has 0 fully saturated rings. The minimum atomic E-state index is 0. The third-order valence-corrected chi connectivity index (χ3v) is 1.07. The highest BCUT2D eigenvalue weighted by Gasteiger charge is 1.96. The first-order valence-corrected chi connectivity index (χ1v) is 2.80. The smallest absolute Gasteiger partial charge is 0.108 e. The van der Waals surface area contributed by atoms with Crippen LogP contribution in [-0.4, -0.2) is 9.97 Å². The summed E-state index contributed by atoms with van der Waals surface area (Å²) in [4.78, 5) is 7.09. The lowest BCUT2D eigenvalue weighted by molar-refractivity contribution is 0.794. The Morgan fingerprint density at radius 1 is 1.40 bits per heavy atom. The standard InChI is InChI=1S/C6H10N2.2ClH/c1-5(2)6-7-3-4-8-6;;/h3-5H,1-2H3,(H,7,8);2*1H. The maximum absolute atomic E-state index is 4.06. The van der Waals surface area contributed by atoms with E-state index >= 15 is 0 Å². The van der Waals surface area contributed by atoms with Crippen molar-refractivity contribution in [2.75, 3.05) is 0 Å². The Morgan fingerprint density at radius 3 is 2.20 bits per heavy atom. The first-order valence-electron chi connectivity index (χ1n) is 2.80. The highest BCUT2D eigenvalue weighted by molar-refractivity contribution is 5.85. The first-order chi connectivity index (χ1) is 3.80. The molecule has 2 nitrogen and oxygen atoms in total. The van der Waals surface area contributed by atoms with Crippen LogP contribution in [0, 0.1) is 0 Å². The summed E-state index contributed by atoms with van der Waals surface area (Å²) < 4.78 is 0. The Balaban J connectivity index is 0. The van der Waals surface area contributed by atoms with Gasteiger partial charge in [-0.15, -0.1) is 24.8 Å². The fourth-order valence-corrected chi connectivity index (χ4v) is 0.593. The van der Waals surface area contributed by atoms with Gasteiger partial charge < -0.3 is 4.98 Å². The summed E-state index contributed by atoms with van der Waals surface area (Å²) in [6.45, 7) is 4.22. The Hall–Kier alpha value is -0.210. The quantitative estimate of drug-likeness (QED) is 0.711. The molecule has 0 bridgehead atoms. The zero-order valence-corrected chi connectivity index (χ0v) is 7.63. The number of H-pyrrole nitrogens is 1. The lowest BCUT2D eigenvalue weighted by Gasteiger charge is -1.95. The second-order valence-corrected chi connectivity index (χ2v) is 2.13. The first kappa shape index (κ1) is 12.5. The molecule has 60 valence electrons. The molecule has 0 unspecified atom stereocenters. The number of imidazole rings is 1. The van der Waals surface area contributed by atoms with Crippen molar-refractivity contribution in [3.05, 3.63) is 18.2 Å². The van der Waals surface area contributed by atoms with Gasteiger partial charge in [-0.3, -0.25) is 0 Å². The van der Waals surface area contributed by atoms with Crippen molar-refractivity contribution in [2.45, 2.75) is 19.8 Å². The van der Waals surface area contributed by atoms with Crippen LogP contribution in [0.2, 0.25) is 0 Å². The van der Waals surface area contributed by atoms with Gasteiger partial charge in [0.15, 0.2) is 0 Å². The average Bonchev–Trinajstić information content (AvgIpc) is 2.12. The van der Waals surface area contributed by atoms with Crippen LogP contribution >= 0.6 is 24.8 Å². The van der Waals surface area contributed by atoms with E-state index in [4.69, 9.17) is 0 Å². The summed E-state index contributed by atoms with van der Waals surface area (Å²) in [5.74, 6) is 1.58. The maximum Gasteiger partial charge on any atom is 0.108 e. The third-order valence-electron chi connectivity index (χ3n) is 1.07. The molecule has 0 aliphatic rings. The lowest BCUT2D eigenvalue weighted by Crippen LogP contribution is -1.87. The predicted octanol–water partition coefficient (Wildman–Crippen LogP) is 2.38. The SMILES string of the molecule is CC(C)c1ncc[nH]1.Cl.Cl. The van der Waals surface area contributed by atoms with Gasteiger partial charge >= 0.3 is 0 Å². The third kappa shape index (κ3) is 3.08. The van der Waals surface area contributed by atoms with Crippen LogP contribution in [0.3, 0.4) is 0 Å². The van der Waals surface area contributed by atoms with Gasteiger partial charge in [0.05, 0.1) is 0 Å². The molecule has 0 aliphatic heterocycles. The largest absolute Gasteiger partial charge is 0.348 e. The second kappa shape index (κ2) is 5.57. The van der Waals surface area contributed by atoms with Gasteiger partial charge in [0.25, 0.3) is 0 Å². The van der Waals surface area contributed by atoms with Crippen LogP contribution in [0.5, 0.6) is 0 Å². The van der Waals surface area contributed by atoms with Gasteiger partial charge in [0, 0.05) is 18.3 Å². The number of halogens is 2. The van der Waals surface area contributed by atoms with Crippen molar-refractivity contribution in [1.29, 1.82) is 0 Å². The molecule has 1 N–H and O–H groups in total. The number of aromatic amines is 1. The molecule has 0 radical (unpaired) electrons. The fourth-order valence-electron chi connectivity index (χ4n) is 0.593. The minimum absolute atomic E-state index is 0. The number of hydrogen-bond acceptors (Lipinski definition) is 1. The van der Waals surface area contributed by atoms with Gasteiger partial charge in [0.1, 0.15) is 5.82 Å². The summed E-state index contributed by atoms with van der Waals surface area (Å²) >= 11 is 0. The predicted molar refractivity (Wildman–Crippen MR) is 47.2 cm³/mol.